The summed E-state index contributed by atoms with van der Waals surface area (Å²) in [5, 5.41) is 7.52. The van der Waals surface area contributed by atoms with Crippen molar-refractivity contribution in [2.75, 3.05) is 13.1 Å². The molecule has 3 heteroatoms. The number of rotatable bonds is 7. The molecule has 0 heterocycles. The zero-order valence-electron chi connectivity index (χ0n) is 7.21. The van der Waals surface area contributed by atoms with Crippen LogP contribution in [0.1, 0.15) is 26.2 Å². The fourth-order valence-corrected chi connectivity index (χ4v) is 0.653. The molecule has 0 saturated carbocycles. The summed E-state index contributed by atoms with van der Waals surface area (Å²) in [7, 11) is 0. The van der Waals surface area contributed by atoms with Crippen molar-refractivity contribution in [1.82, 2.24) is 5.43 Å². The van der Waals surface area contributed by atoms with Gasteiger partial charge in [0.1, 0.15) is 0 Å². The van der Waals surface area contributed by atoms with Gasteiger partial charge in [0, 0.05) is 6.54 Å². The van der Waals surface area contributed by atoms with Crippen LogP contribution in [0.25, 0.3) is 0 Å². The maximum atomic E-state index is 3.78. The fourth-order valence-electron chi connectivity index (χ4n) is 0.653. The molecule has 64 valence electrons. The molecule has 0 aromatic heterocycles. The maximum Gasteiger partial charge on any atom is 0.0798 e. The third-order valence-electron chi connectivity index (χ3n) is 1.24. The van der Waals surface area contributed by atoms with Gasteiger partial charge in [-0.15, -0.1) is 6.58 Å². The number of hydrogen-bond acceptors (Lipinski definition) is 2. The van der Waals surface area contributed by atoms with Crippen LogP contribution in [0.3, 0.4) is 0 Å². The summed E-state index contributed by atoms with van der Waals surface area (Å²) in [6.07, 6.45) is 5.39. The molecule has 3 nitrogen and oxygen atoms in total. The van der Waals surface area contributed by atoms with Crippen molar-refractivity contribution in [2.24, 2.45) is 10.3 Å². The minimum absolute atomic E-state index is 0.598. The van der Waals surface area contributed by atoms with Gasteiger partial charge < -0.3 is 0 Å². The molecule has 0 aliphatic heterocycles. The molecule has 0 aromatic rings. The fraction of sp³-hybridized carbons (Fsp3) is 0.750. The van der Waals surface area contributed by atoms with E-state index in [4.69, 9.17) is 0 Å². The van der Waals surface area contributed by atoms with E-state index < -0.39 is 0 Å². The predicted molar refractivity (Wildman–Crippen MR) is 47.4 cm³/mol. The average molecular weight is 155 g/mol. The Balaban J connectivity index is 2.94. The van der Waals surface area contributed by atoms with Crippen molar-refractivity contribution in [1.29, 1.82) is 0 Å². The molecule has 0 bridgehead atoms. The molecule has 0 aliphatic rings. The quantitative estimate of drug-likeness (QED) is 0.260. The van der Waals surface area contributed by atoms with Crippen molar-refractivity contribution in [3.05, 3.63) is 12.7 Å². The maximum absolute atomic E-state index is 3.78. The lowest BCUT2D eigenvalue weighted by molar-refractivity contribution is 0.612. The van der Waals surface area contributed by atoms with E-state index >= 15 is 0 Å². The van der Waals surface area contributed by atoms with Gasteiger partial charge in [0.2, 0.25) is 0 Å². The molecule has 0 saturated heterocycles. The molecule has 0 aromatic carbocycles. The molecule has 11 heavy (non-hydrogen) atoms. The molecule has 1 N–H and O–H groups in total. The third kappa shape index (κ3) is 9.14. The number of nitrogens with one attached hydrogen (secondary N) is 1. The van der Waals surface area contributed by atoms with E-state index in [1.807, 2.05) is 0 Å². The molecular formula is C8H17N3. The van der Waals surface area contributed by atoms with Crippen molar-refractivity contribution < 1.29 is 0 Å². The molecule has 0 atom stereocenters. The summed E-state index contributed by atoms with van der Waals surface area (Å²) in [6.45, 7) is 7.23. The normalized spacial score (nSPS) is 10.3. The summed E-state index contributed by atoms with van der Waals surface area (Å²) in [5.74, 6) is 0. The van der Waals surface area contributed by atoms with E-state index in [2.05, 4.69) is 29.3 Å². The highest BCUT2D eigenvalue weighted by Crippen LogP contribution is 1.90. The van der Waals surface area contributed by atoms with Crippen LogP contribution in [0.5, 0.6) is 0 Å². The highest BCUT2D eigenvalue weighted by molar-refractivity contribution is 4.67. The van der Waals surface area contributed by atoms with Crippen molar-refractivity contribution in [3.8, 4) is 0 Å². The van der Waals surface area contributed by atoms with Gasteiger partial charge in [0.15, 0.2) is 0 Å². The standard InChI is InChI=1S/C8H17N3/c1-3-5-6-8-10-11-9-7-4-2/h4H,2-3,5-8H2,1H3,(H,9,10). The minimum atomic E-state index is 0.598. The van der Waals surface area contributed by atoms with Crippen LogP contribution < -0.4 is 5.43 Å². The van der Waals surface area contributed by atoms with Crippen LogP contribution >= 0.6 is 0 Å². The first-order valence-electron chi connectivity index (χ1n) is 4.12. The lowest BCUT2D eigenvalue weighted by Gasteiger charge is -1.95. The summed E-state index contributed by atoms with van der Waals surface area (Å²) in [5.41, 5.74) is 2.87. The highest BCUT2D eigenvalue weighted by atomic mass is 15.4. The van der Waals surface area contributed by atoms with Crippen molar-refractivity contribution >= 4 is 0 Å². The summed E-state index contributed by atoms with van der Waals surface area (Å²) in [6, 6.07) is 0. The number of unbranched alkanes of at least 4 members (excludes halogenated alkanes) is 2. The summed E-state index contributed by atoms with van der Waals surface area (Å²) >= 11 is 0. The Morgan fingerprint density at radius 1 is 1.45 bits per heavy atom. The van der Waals surface area contributed by atoms with Gasteiger partial charge >= 0.3 is 0 Å². The van der Waals surface area contributed by atoms with Crippen LogP contribution in [-0.2, 0) is 0 Å². The van der Waals surface area contributed by atoms with E-state index in [1.165, 1.54) is 19.3 Å². The smallest absolute Gasteiger partial charge is 0.0798 e. The van der Waals surface area contributed by atoms with E-state index in [0.29, 0.717) is 6.54 Å². The first-order valence-corrected chi connectivity index (χ1v) is 4.12. The van der Waals surface area contributed by atoms with Gasteiger partial charge in [0.25, 0.3) is 0 Å². The first kappa shape index (κ1) is 10.1. The molecule has 0 aliphatic carbocycles. The zero-order valence-corrected chi connectivity index (χ0v) is 7.21. The largest absolute Gasteiger partial charge is 0.292 e. The van der Waals surface area contributed by atoms with Gasteiger partial charge in [-0.25, -0.2) is 0 Å². The second kappa shape index (κ2) is 9.14. The Kier molecular flexibility index (Phi) is 8.43. The molecule has 0 rings (SSSR count). The highest BCUT2D eigenvalue weighted by Gasteiger charge is 1.81. The Morgan fingerprint density at radius 2 is 2.27 bits per heavy atom. The Labute approximate surface area is 68.6 Å². The van der Waals surface area contributed by atoms with Gasteiger partial charge in [-0.05, 0) is 6.42 Å². The van der Waals surface area contributed by atoms with E-state index in [1.54, 1.807) is 6.08 Å². The second-order valence-electron chi connectivity index (χ2n) is 2.33. The number of hydrogen-bond donors (Lipinski definition) is 1. The van der Waals surface area contributed by atoms with Crippen LogP contribution in [0, 0.1) is 0 Å². The lowest BCUT2D eigenvalue weighted by atomic mass is 10.3. The van der Waals surface area contributed by atoms with Crippen molar-refractivity contribution in [2.45, 2.75) is 26.2 Å². The second-order valence-corrected chi connectivity index (χ2v) is 2.33. The monoisotopic (exact) mass is 155 g/mol. The van der Waals surface area contributed by atoms with Gasteiger partial charge in [0.05, 0.1) is 6.54 Å². The number of nitrogens with zero attached hydrogens (tertiary/aromatic N) is 2. The molecule has 0 unspecified atom stereocenters. The van der Waals surface area contributed by atoms with Crippen LogP contribution in [0.4, 0.5) is 0 Å². The minimum Gasteiger partial charge on any atom is -0.292 e. The molecular weight excluding hydrogens is 138 g/mol. The molecule has 0 fully saturated rings. The Morgan fingerprint density at radius 3 is 2.91 bits per heavy atom. The Hall–Kier alpha value is -0.860. The van der Waals surface area contributed by atoms with Crippen molar-refractivity contribution in [3.63, 3.8) is 0 Å². The first-order chi connectivity index (χ1) is 5.41. The molecule has 0 amide bonds. The van der Waals surface area contributed by atoms with Crippen LogP contribution in [-0.4, -0.2) is 13.1 Å². The topological polar surface area (TPSA) is 36.8 Å². The lowest BCUT2D eigenvalue weighted by Crippen LogP contribution is -2.05. The third-order valence-corrected chi connectivity index (χ3v) is 1.24. The van der Waals surface area contributed by atoms with Gasteiger partial charge in [-0.1, -0.05) is 31.1 Å². The van der Waals surface area contributed by atoms with Crippen LogP contribution in [0.15, 0.2) is 23.0 Å². The summed E-state index contributed by atoms with van der Waals surface area (Å²) < 4.78 is 0. The summed E-state index contributed by atoms with van der Waals surface area (Å²) in [4.78, 5) is 0. The Bertz CT molecular complexity index is 110. The molecule has 0 spiro atoms. The van der Waals surface area contributed by atoms with E-state index in [-0.39, 0.29) is 0 Å². The van der Waals surface area contributed by atoms with Crippen LogP contribution in [0.2, 0.25) is 0 Å². The predicted octanol–water partition coefficient (Wildman–Crippen LogP) is 2.32. The molecule has 0 radical (unpaired) electrons. The van der Waals surface area contributed by atoms with Gasteiger partial charge in [-0.2, -0.15) is 5.11 Å². The van der Waals surface area contributed by atoms with Gasteiger partial charge in [-0.3, -0.25) is 5.43 Å². The zero-order chi connectivity index (χ0) is 8.36. The average Bonchev–Trinajstić information content (AvgIpc) is 2.03. The van der Waals surface area contributed by atoms with E-state index in [9.17, 15) is 0 Å². The van der Waals surface area contributed by atoms with E-state index in [0.717, 1.165) is 6.54 Å². The SMILES string of the molecule is C=CC/N=N/NCCCCC.